The van der Waals surface area contributed by atoms with E-state index in [0.717, 1.165) is 16.5 Å². The van der Waals surface area contributed by atoms with Crippen molar-refractivity contribution in [2.24, 2.45) is 0 Å². The van der Waals surface area contributed by atoms with Gasteiger partial charge in [-0.15, -0.1) is 0 Å². The SMILES string of the molecule is Cc1ccc2c(C)c(C(=O)N(Cc3ccco3)Cc3c(F)cccc3Cl)oc2c1. The fraction of sp³-hybridized carbons (Fsp3) is 0.174. The summed E-state index contributed by atoms with van der Waals surface area (Å²) in [5, 5.41) is 1.14. The summed E-state index contributed by atoms with van der Waals surface area (Å²) in [5.74, 6) is -0.0150. The number of benzene rings is 2. The standard InChI is InChI=1S/C23H19ClFNO3/c1-14-8-9-17-15(2)22(29-21(17)11-14)23(27)26(12-16-5-4-10-28-16)13-18-19(24)6-3-7-20(18)25/h3-11H,12-13H2,1-2H3. The molecule has 0 aliphatic rings. The van der Waals surface area contributed by atoms with E-state index in [2.05, 4.69) is 0 Å². The summed E-state index contributed by atoms with van der Waals surface area (Å²) in [5.41, 5.74) is 2.68. The fourth-order valence-corrected chi connectivity index (χ4v) is 3.57. The normalized spacial score (nSPS) is 11.2. The second-order valence-corrected chi connectivity index (χ2v) is 7.40. The summed E-state index contributed by atoms with van der Waals surface area (Å²) in [7, 11) is 0. The Morgan fingerprint density at radius 1 is 1.10 bits per heavy atom. The summed E-state index contributed by atoms with van der Waals surface area (Å²) in [6.07, 6.45) is 1.53. The van der Waals surface area contributed by atoms with Crippen LogP contribution in [0.5, 0.6) is 0 Å². The molecule has 4 nitrogen and oxygen atoms in total. The average molecular weight is 412 g/mol. The van der Waals surface area contributed by atoms with E-state index in [1.165, 1.54) is 23.3 Å². The van der Waals surface area contributed by atoms with Crippen LogP contribution in [-0.4, -0.2) is 10.8 Å². The Hall–Kier alpha value is -3.05. The third kappa shape index (κ3) is 3.78. The van der Waals surface area contributed by atoms with Gasteiger partial charge in [-0.25, -0.2) is 4.39 Å². The van der Waals surface area contributed by atoms with Crippen LogP contribution in [0.3, 0.4) is 0 Å². The zero-order valence-corrected chi connectivity index (χ0v) is 16.8. The van der Waals surface area contributed by atoms with Gasteiger partial charge in [0.15, 0.2) is 5.76 Å². The van der Waals surface area contributed by atoms with Crippen LogP contribution in [0, 0.1) is 19.7 Å². The van der Waals surface area contributed by atoms with E-state index in [0.29, 0.717) is 11.3 Å². The first-order valence-electron chi connectivity index (χ1n) is 9.18. The van der Waals surface area contributed by atoms with E-state index in [1.54, 1.807) is 18.2 Å². The van der Waals surface area contributed by atoms with Crippen LogP contribution in [0.25, 0.3) is 11.0 Å². The molecule has 29 heavy (non-hydrogen) atoms. The van der Waals surface area contributed by atoms with E-state index >= 15 is 0 Å². The number of amides is 1. The molecule has 0 fully saturated rings. The topological polar surface area (TPSA) is 46.6 Å². The molecule has 0 atom stereocenters. The molecule has 0 bridgehead atoms. The molecule has 0 aliphatic carbocycles. The highest BCUT2D eigenvalue weighted by molar-refractivity contribution is 6.31. The molecule has 1 amide bonds. The average Bonchev–Trinajstić information content (AvgIpc) is 3.31. The Morgan fingerprint density at radius 2 is 1.93 bits per heavy atom. The van der Waals surface area contributed by atoms with Crippen LogP contribution in [0.4, 0.5) is 4.39 Å². The Labute approximate surface area is 172 Å². The summed E-state index contributed by atoms with van der Waals surface area (Å²) in [4.78, 5) is 14.9. The predicted octanol–water partition coefficient (Wildman–Crippen LogP) is 6.28. The maximum Gasteiger partial charge on any atom is 0.290 e. The van der Waals surface area contributed by atoms with Gasteiger partial charge >= 0.3 is 0 Å². The van der Waals surface area contributed by atoms with Crippen molar-refractivity contribution >= 4 is 28.5 Å². The molecule has 0 spiro atoms. The Kier molecular flexibility index (Phi) is 5.16. The number of carbonyl (C=O) groups is 1. The molecule has 4 aromatic rings. The number of nitrogens with zero attached hydrogens (tertiary/aromatic N) is 1. The van der Waals surface area contributed by atoms with Crippen molar-refractivity contribution < 1.29 is 18.0 Å². The van der Waals surface area contributed by atoms with Crippen molar-refractivity contribution in [1.82, 2.24) is 4.90 Å². The molecule has 0 unspecified atom stereocenters. The molecule has 148 valence electrons. The lowest BCUT2D eigenvalue weighted by Gasteiger charge is -2.22. The van der Waals surface area contributed by atoms with Crippen LogP contribution in [0.15, 0.2) is 63.6 Å². The van der Waals surface area contributed by atoms with Gasteiger partial charge in [-0.1, -0.05) is 29.8 Å². The Balaban J connectivity index is 1.74. The highest BCUT2D eigenvalue weighted by Crippen LogP contribution is 2.29. The van der Waals surface area contributed by atoms with Crippen molar-refractivity contribution in [3.8, 4) is 0 Å². The number of hydrogen-bond acceptors (Lipinski definition) is 3. The maximum absolute atomic E-state index is 14.4. The summed E-state index contributed by atoms with van der Waals surface area (Å²) in [6.45, 7) is 3.95. The first-order chi connectivity index (χ1) is 13.9. The number of aryl methyl sites for hydroxylation is 2. The molecule has 0 N–H and O–H groups in total. The highest BCUT2D eigenvalue weighted by atomic mass is 35.5. The van der Waals surface area contributed by atoms with Gasteiger partial charge in [0.1, 0.15) is 17.2 Å². The number of rotatable bonds is 5. The van der Waals surface area contributed by atoms with Gasteiger partial charge in [0, 0.05) is 21.5 Å². The van der Waals surface area contributed by atoms with Crippen LogP contribution in [-0.2, 0) is 13.1 Å². The zero-order valence-electron chi connectivity index (χ0n) is 16.0. The van der Waals surface area contributed by atoms with Crippen LogP contribution < -0.4 is 0 Å². The van der Waals surface area contributed by atoms with Gasteiger partial charge < -0.3 is 13.7 Å². The summed E-state index contributed by atoms with van der Waals surface area (Å²) >= 11 is 6.19. The van der Waals surface area contributed by atoms with Crippen molar-refractivity contribution in [2.45, 2.75) is 26.9 Å². The molecule has 4 rings (SSSR count). The lowest BCUT2D eigenvalue weighted by atomic mass is 10.1. The Bertz CT molecular complexity index is 1160. The first-order valence-corrected chi connectivity index (χ1v) is 9.56. The number of hydrogen-bond donors (Lipinski definition) is 0. The number of halogens is 2. The van der Waals surface area contributed by atoms with Crippen molar-refractivity contribution in [3.05, 3.63) is 93.8 Å². The number of fused-ring (bicyclic) bond motifs is 1. The molecule has 2 heterocycles. The van der Waals surface area contributed by atoms with Crippen LogP contribution >= 0.6 is 11.6 Å². The van der Waals surface area contributed by atoms with Gasteiger partial charge in [0.2, 0.25) is 0 Å². The first kappa shape index (κ1) is 19.3. The summed E-state index contributed by atoms with van der Waals surface area (Å²) in [6, 6.07) is 13.8. The lowest BCUT2D eigenvalue weighted by Crippen LogP contribution is -2.30. The van der Waals surface area contributed by atoms with Crippen molar-refractivity contribution in [1.29, 1.82) is 0 Å². The molecule has 0 aliphatic heterocycles. The molecule has 0 saturated carbocycles. The van der Waals surface area contributed by atoms with Crippen molar-refractivity contribution in [3.63, 3.8) is 0 Å². The number of furan rings is 2. The molecule has 2 aromatic heterocycles. The van der Waals surface area contributed by atoms with Gasteiger partial charge in [-0.05, 0) is 49.7 Å². The molecule has 2 aromatic carbocycles. The minimum Gasteiger partial charge on any atom is -0.467 e. The minimum absolute atomic E-state index is 0.0133. The van der Waals surface area contributed by atoms with E-state index in [-0.39, 0.29) is 35.3 Å². The quantitative estimate of drug-likeness (QED) is 0.388. The van der Waals surface area contributed by atoms with Crippen LogP contribution in [0.2, 0.25) is 5.02 Å². The van der Waals surface area contributed by atoms with E-state index < -0.39 is 5.82 Å². The highest BCUT2D eigenvalue weighted by Gasteiger charge is 2.26. The van der Waals surface area contributed by atoms with E-state index in [1.807, 2.05) is 32.0 Å². The fourth-order valence-electron chi connectivity index (χ4n) is 3.34. The van der Waals surface area contributed by atoms with Gasteiger partial charge in [0.05, 0.1) is 19.4 Å². The second-order valence-electron chi connectivity index (χ2n) is 7.00. The molecule has 0 radical (unpaired) electrons. The molecular formula is C23H19ClFNO3. The largest absolute Gasteiger partial charge is 0.467 e. The third-order valence-corrected chi connectivity index (χ3v) is 5.27. The Morgan fingerprint density at radius 3 is 2.66 bits per heavy atom. The van der Waals surface area contributed by atoms with Crippen LogP contribution in [0.1, 0.15) is 33.0 Å². The van der Waals surface area contributed by atoms with E-state index in [4.69, 9.17) is 20.4 Å². The van der Waals surface area contributed by atoms with Gasteiger partial charge in [-0.2, -0.15) is 0 Å². The molecule has 0 saturated heterocycles. The van der Waals surface area contributed by atoms with Gasteiger partial charge in [-0.3, -0.25) is 4.79 Å². The smallest absolute Gasteiger partial charge is 0.290 e. The van der Waals surface area contributed by atoms with Crippen molar-refractivity contribution in [2.75, 3.05) is 0 Å². The van der Waals surface area contributed by atoms with Gasteiger partial charge in [0.25, 0.3) is 5.91 Å². The zero-order chi connectivity index (χ0) is 20.5. The summed E-state index contributed by atoms with van der Waals surface area (Å²) < 4.78 is 25.7. The minimum atomic E-state index is -0.466. The predicted molar refractivity (Wildman–Crippen MR) is 109 cm³/mol. The third-order valence-electron chi connectivity index (χ3n) is 4.91. The second kappa shape index (κ2) is 7.76. The maximum atomic E-state index is 14.4. The molecule has 6 heteroatoms. The monoisotopic (exact) mass is 411 g/mol. The molecular weight excluding hydrogens is 393 g/mol. The lowest BCUT2D eigenvalue weighted by molar-refractivity contribution is 0.0685. The van der Waals surface area contributed by atoms with E-state index in [9.17, 15) is 9.18 Å². The number of carbonyl (C=O) groups excluding carboxylic acids is 1.